The number of H-pyrrole nitrogens is 2. The minimum atomic E-state index is -0.658. The summed E-state index contributed by atoms with van der Waals surface area (Å²) in [5.74, 6) is 0.507. The predicted molar refractivity (Wildman–Crippen MR) is 153 cm³/mol. The van der Waals surface area contributed by atoms with Gasteiger partial charge >= 0.3 is 6.03 Å². The number of halogens is 1. The number of urea groups is 1. The minimum Gasteiger partial charge on any atom is -0.457 e. The van der Waals surface area contributed by atoms with Crippen LogP contribution in [0.2, 0.25) is 0 Å². The van der Waals surface area contributed by atoms with Gasteiger partial charge in [-0.25, -0.2) is 18.9 Å². The van der Waals surface area contributed by atoms with Crippen molar-refractivity contribution in [3.8, 4) is 28.4 Å². The number of pyridine rings is 1. The number of aromatic nitrogens is 7. The van der Waals surface area contributed by atoms with Crippen LogP contribution in [0, 0.1) is 5.82 Å². The summed E-state index contributed by atoms with van der Waals surface area (Å²) in [4.78, 5) is 24.6. The van der Waals surface area contributed by atoms with E-state index in [1.807, 2.05) is 39.0 Å². The molecular formula is C29H26FN9O2. The average Bonchev–Trinajstić information content (AvgIpc) is 3.71. The summed E-state index contributed by atoms with van der Waals surface area (Å²) in [6.45, 7) is 6.09. The van der Waals surface area contributed by atoms with Crippen molar-refractivity contribution in [3.05, 3.63) is 91.0 Å². The second kappa shape index (κ2) is 10.2. The van der Waals surface area contributed by atoms with Crippen LogP contribution in [0.15, 0.2) is 79.5 Å². The summed E-state index contributed by atoms with van der Waals surface area (Å²) in [5, 5.41) is 16.8. The zero-order chi connectivity index (χ0) is 28.6. The van der Waals surface area contributed by atoms with Gasteiger partial charge in [0.05, 0.1) is 46.3 Å². The molecule has 6 rings (SSSR count). The number of imidazole rings is 1. The Kier molecular flexibility index (Phi) is 6.42. The van der Waals surface area contributed by atoms with Gasteiger partial charge in [0.25, 0.3) is 0 Å². The smallest absolute Gasteiger partial charge is 0.324 e. The summed E-state index contributed by atoms with van der Waals surface area (Å²) in [7, 11) is 0. The molecule has 206 valence electrons. The first-order valence-corrected chi connectivity index (χ1v) is 12.8. The fourth-order valence-corrected chi connectivity index (χ4v) is 4.18. The zero-order valence-electron chi connectivity index (χ0n) is 22.4. The molecule has 0 aliphatic carbocycles. The molecular weight excluding hydrogens is 525 g/mol. The lowest BCUT2D eigenvalue weighted by molar-refractivity contribution is 0.262. The Balaban J connectivity index is 1.19. The number of anilines is 2. The molecule has 6 aromatic rings. The van der Waals surface area contributed by atoms with Crippen molar-refractivity contribution in [2.45, 2.75) is 26.2 Å². The molecule has 0 saturated heterocycles. The third-order valence-electron chi connectivity index (χ3n) is 6.32. The van der Waals surface area contributed by atoms with Crippen LogP contribution in [-0.2, 0) is 5.41 Å². The quantitative estimate of drug-likeness (QED) is 0.189. The number of nitrogens with one attached hydrogen (secondary N) is 4. The first-order chi connectivity index (χ1) is 19.7. The Morgan fingerprint density at radius 2 is 1.85 bits per heavy atom. The summed E-state index contributed by atoms with van der Waals surface area (Å²) in [6, 6.07) is 14.4. The first kappa shape index (κ1) is 25.7. The van der Waals surface area contributed by atoms with Crippen LogP contribution in [-0.4, -0.2) is 41.0 Å². The number of aromatic amines is 2. The van der Waals surface area contributed by atoms with Gasteiger partial charge in [0.2, 0.25) is 0 Å². The van der Waals surface area contributed by atoms with E-state index < -0.39 is 11.8 Å². The van der Waals surface area contributed by atoms with Gasteiger partial charge in [-0.3, -0.25) is 15.4 Å². The number of fused-ring (bicyclic) bond motifs is 1. The number of carbonyl (C=O) groups excluding carboxylic acids is 1. The molecule has 2 aromatic carbocycles. The maximum atomic E-state index is 15.0. The van der Waals surface area contributed by atoms with Crippen LogP contribution in [0.3, 0.4) is 0 Å². The molecule has 2 amide bonds. The Morgan fingerprint density at radius 1 is 1.00 bits per heavy atom. The van der Waals surface area contributed by atoms with E-state index in [1.165, 1.54) is 12.1 Å². The van der Waals surface area contributed by atoms with Crippen molar-refractivity contribution in [1.29, 1.82) is 0 Å². The van der Waals surface area contributed by atoms with Gasteiger partial charge in [-0.15, -0.1) is 0 Å². The monoisotopic (exact) mass is 551 g/mol. The van der Waals surface area contributed by atoms with Crippen LogP contribution < -0.4 is 15.4 Å². The standard InChI is InChI=1S/C29H26FN9O2/c1-29(2,3)26-13-27(39(38-26)18-4-6-23-25(10-18)33-16-32-23)37-28(40)36-22-7-5-19(11-21(22)30)41-20-8-9-31-24(12-20)17-14-34-35-15-17/h4-16H,1-3H3,(H,32,33)(H,34,35)(H2,36,37,40). The lowest BCUT2D eigenvalue weighted by Crippen LogP contribution is -2.22. The topological polar surface area (TPSA) is 138 Å². The van der Waals surface area contributed by atoms with Gasteiger partial charge < -0.3 is 15.0 Å². The van der Waals surface area contributed by atoms with E-state index in [1.54, 1.807) is 53.9 Å². The molecule has 0 spiro atoms. The second-order valence-electron chi connectivity index (χ2n) is 10.4. The Morgan fingerprint density at radius 3 is 2.63 bits per heavy atom. The number of hydrogen-bond acceptors (Lipinski definition) is 6. The number of hydrogen-bond donors (Lipinski definition) is 4. The number of amides is 2. The molecule has 0 bridgehead atoms. The van der Waals surface area contributed by atoms with Gasteiger partial charge in [0.1, 0.15) is 23.1 Å². The summed E-state index contributed by atoms with van der Waals surface area (Å²) in [5.41, 5.74) is 4.31. The molecule has 4 N–H and O–H groups in total. The van der Waals surface area contributed by atoms with Gasteiger partial charge in [-0.1, -0.05) is 20.8 Å². The summed E-state index contributed by atoms with van der Waals surface area (Å²) < 4.78 is 22.5. The van der Waals surface area contributed by atoms with E-state index >= 15 is 4.39 Å². The highest BCUT2D eigenvalue weighted by molar-refractivity contribution is 5.99. The molecule has 0 fully saturated rings. The van der Waals surface area contributed by atoms with Crippen LogP contribution in [0.4, 0.5) is 20.7 Å². The molecule has 0 unspecified atom stereocenters. The van der Waals surface area contributed by atoms with E-state index in [9.17, 15) is 4.79 Å². The maximum Gasteiger partial charge on any atom is 0.324 e. The highest BCUT2D eigenvalue weighted by Crippen LogP contribution is 2.29. The molecule has 0 saturated carbocycles. The molecule has 12 heteroatoms. The number of rotatable bonds is 6. The van der Waals surface area contributed by atoms with E-state index in [4.69, 9.17) is 9.84 Å². The van der Waals surface area contributed by atoms with E-state index in [2.05, 4.69) is 35.8 Å². The molecule has 0 aliphatic rings. The van der Waals surface area contributed by atoms with Crippen molar-refractivity contribution >= 4 is 28.6 Å². The van der Waals surface area contributed by atoms with Crippen molar-refractivity contribution in [2.75, 3.05) is 10.6 Å². The lowest BCUT2D eigenvalue weighted by Gasteiger charge is -2.14. The van der Waals surface area contributed by atoms with Gasteiger partial charge in [0.15, 0.2) is 0 Å². The Hall–Kier alpha value is -5.52. The van der Waals surface area contributed by atoms with E-state index in [-0.39, 0.29) is 16.9 Å². The van der Waals surface area contributed by atoms with Crippen LogP contribution in [0.25, 0.3) is 28.0 Å². The van der Waals surface area contributed by atoms with Crippen LogP contribution in [0.5, 0.6) is 11.5 Å². The van der Waals surface area contributed by atoms with Crippen molar-refractivity contribution in [2.24, 2.45) is 0 Å². The fourth-order valence-electron chi connectivity index (χ4n) is 4.18. The normalized spacial score (nSPS) is 11.5. The first-order valence-electron chi connectivity index (χ1n) is 12.8. The third kappa shape index (κ3) is 5.48. The Bertz CT molecular complexity index is 1850. The largest absolute Gasteiger partial charge is 0.457 e. The third-order valence-corrected chi connectivity index (χ3v) is 6.32. The second-order valence-corrected chi connectivity index (χ2v) is 10.4. The maximum absolute atomic E-state index is 15.0. The van der Waals surface area contributed by atoms with E-state index in [0.717, 1.165) is 28.0 Å². The molecule has 0 radical (unpaired) electrons. The molecule has 11 nitrogen and oxygen atoms in total. The highest BCUT2D eigenvalue weighted by Gasteiger charge is 2.22. The summed E-state index contributed by atoms with van der Waals surface area (Å²) >= 11 is 0. The van der Waals surface area contributed by atoms with Crippen molar-refractivity contribution in [3.63, 3.8) is 0 Å². The predicted octanol–water partition coefficient (Wildman–Crippen LogP) is 6.41. The Labute approximate surface area is 233 Å². The molecule has 41 heavy (non-hydrogen) atoms. The number of ether oxygens (including phenoxy) is 1. The summed E-state index contributed by atoms with van der Waals surface area (Å²) in [6.07, 6.45) is 6.57. The van der Waals surface area contributed by atoms with Gasteiger partial charge in [0, 0.05) is 41.6 Å². The lowest BCUT2D eigenvalue weighted by atomic mass is 9.92. The number of carbonyl (C=O) groups is 1. The zero-order valence-corrected chi connectivity index (χ0v) is 22.4. The molecule has 4 heterocycles. The van der Waals surface area contributed by atoms with Gasteiger partial charge in [-0.2, -0.15) is 10.2 Å². The van der Waals surface area contributed by atoms with Crippen molar-refractivity contribution < 1.29 is 13.9 Å². The van der Waals surface area contributed by atoms with Crippen LogP contribution in [0.1, 0.15) is 26.5 Å². The van der Waals surface area contributed by atoms with Crippen molar-refractivity contribution in [1.82, 2.24) is 34.9 Å². The van der Waals surface area contributed by atoms with Crippen LogP contribution >= 0.6 is 0 Å². The average molecular weight is 552 g/mol. The minimum absolute atomic E-state index is 0.0104. The molecule has 0 atom stereocenters. The fraction of sp³-hybridized carbons (Fsp3) is 0.138. The number of nitrogens with zero attached hydrogens (tertiary/aromatic N) is 5. The van der Waals surface area contributed by atoms with Gasteiger partial charge in [-0.05, 0) is 36.4 Å². The highest BCUT2D eigenvalue weighted by atomic mass is 19.1. The molecule has 4 aromatic heterocycles. The SMILES string of the molecule is CC(C)(C)c1cc(NC(=O)Nc2ccc(Oc3ccnc(-c4cn[nH]c4)c3)cc2F)n(-c2ccc3[nH]cnc3c2)n1. The number of benzene rings is 2. The van der Waals surface area contributed by atoms with E-state index in [0.29, 0.717) is 17.3 Å². The molecule has 0 aliphatic heterocycles.